The topological polar surface area (TPSA) is 43.8 Å². The van der Waals surface area contributed by atoms with Crippen LogP contribution in [0.1, 0.15) is 25.7 Å². The first-order chi connectivity index (χ1) is 13.5. The number of hydrogen-bond acceptors (Lipinski definition) is 4. The van der Waals surface area contributed by atoms with E-state index in [1.54, 1.807) is 0 Å². The second-order valence-corrected chi connectivity index (χ2v) is 9.03. The maximum atomic E-state index is 11.1. The van der Waals surface area contributed by atoms with Crippen LogP contribution >= 0.6 is 31.9 Å². The van der Waals surface area contributed by atoms with Crippen LogP contribution in [0.5, 0.6) is 0 Å². The molecule has 0 bridgehead atoms. The smallest absolute Gasteiger partial charge is 0.136 e. The summed E-state index contributed by atoms with van der Waals surface area (Å²) in [5.41, 5.74) is 2.46. The monoisotopic (exact) mass is 508 g/mol. The Kier molecular flexibility index (Phi) is 7.94. The van der Waals surface area contributed by atoms with E-state index in [-0.39, 0.29) is 6.10 Å². The predicted octanol–water partition coefficient (Wildman–Crippen LogP) is 5.03. The van der Waals surface area contributed by atoms with Crippen LogP contribution in [0.15, 0.2) is 57.5 Å². The number of aliphatic hydroxyl groups excluding tert-OH is 1. The van der Waals surface area contributed by atoms with Gasteiger partial charge in [-0.15, -0.1) is 0 Å². The first-order valence-corrected chi connectivity index (χ1v) is 11.3. The lowest BCUT2D eigenvalue weighted by Gasteiger charge is -2.31. The molecule has 1 N–H and O–H groups in total. The number of piperidine rings is 2. The maximum absolute atomic E-state index is 11.1. The van der Waals surface area contributed by atoms with Crippen molar-refractivity contribution >= 4 is 49.0 Å². The van der Waals surface area contributed by atoms with Crippen molar-refractivity contribution in [1.82, 2.24) is 0 Å². The molecule has 0 unspecified atom stereocenters. The van der Waals surface area contributed by atoms with E-state index in [4.69, 9.17) is 0 Å². The van der Waals surface area contributed by atoms with E-state index in [0.29, 0.717) is 18.6 Å². The third kappa shape index (κ3) is 6.33. The van der Waals surface area contributed by atoms with Crippen LogP contribution in [-0.4, -0.2) is 43.2 Å². The molecule has 2 saturated heterocycles. The lowest BCUT2D eigenvalue weighted by molar-refractivity contribution is -0.119. The molecular formula is C22H26Br2N2O2. The van der Waals surface area contributed by atoms with Crippen LogP contribution in [0, 0.1) is 0 Å². The van der Waals surface area contributed by atoms with E-state index in [1.165, 1.54) is 11.4 Å². The summed E-state index contributed by atoms with van der Waals surface area (Å²) in [6.45, 7) is 3.65. The number of Topliss-reactive ketones (excluding diaryl/α,β-unsaturated/α-hetero) is 1. The fraction of sp³-hybridized carbons (Fsp3) is 0.409. The number of aliphatic hydroxyl groups is 1. The van der Waals surface area contributed by atoms with Gasteiger partial charge in [-0.3, -0.25) is 4.79 Å². The van der Waals surface area contributed by atoms with Crippen LogP contribution in [0.4, 0.5) is 11.4 Å². The van der Waals surface area contributed by atoms with Gasteiger partial charge in [0.25, 0.3) is 0 Å². The Morgan fingerprint density at radius 2 is 1.11 bits per heavy atom. The van der Waals surface area contributed by atoms with Crippen molar-refractivity contribution in [2.75, 3.05) is 36.0 Å². The Hall–Kier alpha value is -1.37. The van der Waals surface area contributed by atoms with Crippen molar-refractivity contribution in [2.24, 2.45) is 0 Å². The number of halogens is 2. The highest BCUT2D eigenvalue weighted by atomic mass is 79.9. The molecule has 0 atom stereocenters. The molecule has 0 radical (unpaired) electrons. The summed E-state index contributed by atoms with van der Waals surface area (Å²) >= 11 is 6.83. The molecule has 0 aliphatic carbocycles. The maximum Gasteiger partial charge on any atom is 0.136 e. The Balaban J connectivity index is 0.000000161. The summed E-state index contributed by atoms with van der Waals surface area (Å²) in [5, 5.41) is 9.38. The fourth-order valence-corrected chi connectivity index (χ4v) is 3.97. The zero-order valence-electron chi connectivity index (χ0n) is 15.9. The second kappa shape index (κ2) is 10.4. The van der Waals surface area contributed by atoms with Gasteiger partial charge in [-0.25, -0.2) is 0 Å². The van der Waals surface area contributed by atoms with Gasteiger partial charge in [-0.05, 0) is 61.4 Å². The van der Waals surface area contributed by atoms with Crippen molar-refractivity contribution in [3.05, 3.63) is 57.5 Å². The zero-order valence-corrected chi connectivity index (χ0v) is 19.0. The summed E-state index contributed by atoms with van der Waals surface area (Å²) < 4.78 is 2.20. The van der Waals surface area contributed by atoms with Gasteiger partial charge in [0, 0.05) is 59.3 Å². The molecule has 2 aromatic rings. The largest absolute Gasteiger partial charge is 0.393 e. The number of hydrogen-bond donors (Lipinski definition) is 1. The van der Waals surface area contributed by atoms with Gasteiger partial charge in [0.2, 0.25) is 0 Å². The van der Waals surface area contributed by atoms with Crippen LogP contribution in [0.25, 0.3) is 0 Å². The molecule has 28 heavy (non-hydrogen) atoms. The normalized spacial score (nSPS) is 17.9. The van der Waals surface area contributed by atoms with Crippen LogP contribution in [-0.2, 0) is 4.79 Å². The van der Waals surface area contributed by atoms with Gasteiger partial charge in [0.05, 0.1) is 6.10 Å². The van der Waals surface area contributed by atoms with Crippen molar-refractivity contribution < 1.29 is 9.90 Å². The first-order valence-electron chi connectivity index (χ1n) is 9.72. The molecule has 150 valence electrons. The lowest BCUT2D eigenvalue weighted by atomic mass is 10.1. The molecule has 4 rings (SSSR count). The van der Waals surface area contributed by atoms with Crippen molar-refractivity contribution in [1.29, 1.82) is 0 Å². The van der Waals surface area contributed by atoms with E-state index in [9.17, 15) is 9.90 Å². The number of carbonyl (C=O) groups is 1. The Morgan fingerprint density at radius 1 is 0.714 bits per heavy atom. The van der Waals surface area contributed by atoms with E-state index in [2.05, 4.69) is 78.1 Å². The summed E-state index contributed by atoms with van der Waals surface area (Å²) in [5.74, 6) is 0.387. The van der Waals surface area contributed by atoms with Crippen molar-refractivity contribution in [2.45, 2.75) is 31.8 Å². The number of anilines is 2. The third-order valence-electron chi connectivity index (χ3n) is 5.17. The Morgan fingerprint density at radius 3 is 1.54 bits per heavy atom. The highest BCUT2D eigenvalue weighted by molar-refractivity contribution is 9.10. The van der Waals surface area contributed by atoms with E-state index in [0.717, 1.165) is 48.0 Å². The number of ketones is 1. The molecule has 2 heterocycles. The van der Waals surface area contributed by atoms with Crippen molar-refractivity contribution in [3.8, 4) is 0 Å². The molecule has 2 aliphatic heterocycles. The summed E-state index contributed by atoms with van der Waals surface area (Å²) in [7, 11) is 0. The van der Waals surface area contributed by atoms with Gasteiger partial charge in [-0.1, -0.05) is 31.9 Å². The van der Waals surface area contributed by atoms with Gasteiger partial charge >= 0.3 is 0 Å². The summed E-state index contributed by atoms with van der Waals surface area (Å²) in [6, 6.07) is 16.6. The number of benzene rings is 2. The molecule has 0 spiro atoms. The molecule has 6 heteroatoms. The highest BCUT2D eigenvalue weighted by Gasteiger charge is 2.17. The highest BCUT2D eigenvalue weighted by Crippen LogP contribution is 2.22. The minimum absolute atomic E-state index is 0.0956. The molecular weight excluding hydrogens is 484 g/mol. The second-order valence-electron chi connectivity index (χ2n) is 7.20. The van der Waals surface area contributed by atoms with Crippen LogP contribution in [0.2, 0.25) is 0 Å². The van der Waals surface area contributed by atoms with E-state index in [1.807, 2.05) is 12.1 Å². The molecule has 0 saturated carbocycles. The Labute approximate surface area is 183 Å². The molecule has 0 amide bonds. The average Bonchev–Trinajstić information content (AvgIpc) is 2.71. The zero-order chi connectivity index (χ0) is 19.9. The quantitative estimate of drug-likeness (QED) is 0.616. The number of nitrogens with zero attached hydrogens (tertiary/aromatic N) is 2. The number of carbonyl (C=O) groups excluding carboxylic acids is 1. The SMILES string of the molecule is O=C1CCN(c2ccc(Br)cc2)CC1.OC1CCN(c2ccc(Br)cc2)CC1. The minimum Gasteiger partial charge on any atom is -0.393 e. The molecule has 2 aliphatic rings. The Bertz CT molecular complexity index is 747. The van der Waals surface area contributed by atoms with E-state index < -0.39 is 0 Å². The van der Waals surface area contributed by atoms with Gasteiger partial charge in [-0.2, -0.15) is 0 Å². The number of rotatable bonds is 2. The lowest BCUT2D eigenvalue weighted by Crippen LogP contribution is -2.35. The molecule has 0 aromatic heterocycles. The predicted molar refractivity (Wildman–Crippen MR) is 122 cm³/mol. The first kappa shape index (κ1) is 21.3. The van der Waals surface area contributed by atoms with Gasteiger partial charge in [0.1, 0.15) is 5.78 Å². The molecule has 2 aromatic carbocycles. The minimum atomic E-state index is -0.0956. The summed E-state index contributed by atoms with van der Waals surface area (Å²) in [6.07, 6.45) is 3.06. The van der Waals surface area contributed by atoms with Crippen LogP contribution in [0.3, 0.4) is 0 Å². The standard InChI is InChI=1S/C11H14BrNO.C11H12BrNO/c2*12-9-1-3-10(4-2-9)13-7-5-11(14)6-8-13/h1-4,11,14H,5-8H2;1-4H,5-8H2. The molecule has 4 nitrogen and oxygen atoms in total. The molecule has 2 fully saturated rings. The fourth-order valence-electron chi connectivity index (χ4n) is 3.44. The van der Waals surface area contributed by atoms with Crippen LogP contribution < -0.4 is 9.80 Å². The third-order valence-corrected chi connectivity index (χ3v) is 6.23. The summed E-state index contributed by atoms with van der Waals surface area (Å²) in [4.78, 5) is 15.6. The van der Waals surface area contributed by atoms with Gasteiger partial charge in [0.15, 0.2) is 0 Å². The van der Waals surface area contributed by atoms with Gasteiger partial charge < -0.3 is 14.9 Å². The average molecular weight is 510 g/mol. The van der Waals surface area contributed by atoms with E-state index >= 15 is 0 Å². The van der Waals surface area contributed by atoms with Crippen molar-refractivity contribution in [3.63, 3.8) is 0 Å².